The Bertz CT molecular complexity index is 1480. The van der Waals surface area contributed by atoms with Crippen molar-refractivity contribution in [3.8, 4) is 11.5 Å². The van der Waals surface area contributed by atoms with E-state index in [1.54, 1.807) is 29.2 Å². The van der Waals surface area contributed by atoms with E-state index in [0.717, 1.165) is 50.1 Å². The van der Waals surface area contributed by atoms with E-state index in [0.29, 0.717) is 37.3 Å². The molecule has 0 aliphatic carbocycles. The number of ether oxygens (including phenoxy) is 2. The molecule has 0 saturated carbocycles. The van der Waals surface area contributed by atoms with Gasteiger partial charge in [-0.1, -0.05) is 29.8 Å². The summed E-state index contributed by atoms with van der Waals surface area (Å²) < 4.78 is 64.3. The maximum Gasteiger partial charge on any atom is 0.573 e. The number of piperidine rings is 2. The molecule has 1 aromatic heterocycles. The maximum absolute atomic E-state index is 13.0. The van der Waals surface area contributed by atoms with Crippen molar-refractivity contribution in [1.82, 2.24) is 14.8 Å². The van der Waals surface area contributed by atoms with E-state index in [1.165, 1.54) is 23.9 Å². The molecule has 0 N–H and O–H groups in total. The Hall–Kier alpha value is -4.10. The summed E-state index contributed by atoms with van der Waals surface area (Å²) in [4.78, 5) is 34.3. The Balaban J connectivity index is 0.00000154. The SMILES string of the molecule is Cc1ccc(OC2CCN(C(=O)c3ccc(C(=O)CC4CCN(Cc5cccc(OC(F)(F)F)c5)CC4)nc3)CC2)cc1.O=S=O. The molecule has 2 aromatic carbocycles. The largest absolute Gasteiger partial charge is 0.573 e. The van der Waals surface area contributed by atoms with E-state index < -0.39 is 17.9 Å². The number of alkyl halides is 3. The van der Waals surface area contributed by atoms with Crippen LogP contribution in [0.1, 0.15) is 64.1 Å². The molecule has 2 aliphatic heterocycles. The molecule has 0 radical (unpaired) electrons. The number of carbonyl (C=O) groups excluding carboxylic acids is 2. The molecule has 2 saturated heterocycles. The Morgan fingerprint density at radius 3 is 2.20 bits per heavy atom. The van der Waals surface area contributed by atoms with Crippen molar-refractivity contribution in [2.75, 3.05) is 26.2 Å². The van der Waals surface area contributed by atoms with Gasteiger partial charge < -0.3 is 14.4 Å². The van der Waals surface area contributed by atoms with Gasteiger partial charge in [-0.3, -0.25) is 19.5 Å². The van der Waals surface area contributed by atoms with Gasteiger partial charge in [0.2, 0.25) is 0 Å². The number of rotatable bonds is 9. The summed E-state index contributed by atoms with van der Waals surface area (Å²) in [5.41, 5.74) is 2.74. The fourth-order valence-electron chi connectivity index (χ4n) is 5.67. The summed E-state index contributed by atoms with van der Waals surface area (Å²) in [6, 6.07) is 17.3. The number of nitrogens with zero attached hydrogens (tertiary/aromatic N) is 3. The van der Waals surface area contributed by atoms with Crippen molar-refractivity contribution < 1.29 is 40.7 Å². The number of aryl methyl sites for hydroxylation is 1. The number of benzene rings is 2. The number of aromatic nitrogens is 1. The average Bonchev–Trinajstić information content (AvgIpc) is 3.03. The van der Waals surface area contributed by atoms with Gasteiger partial charge >= 0.3 is 17.9 Å². The second-order valence-electron chi connectivity index (χ2n) is 11.5. The summed E-state index contributed by atoms with van der Waals surface area (Å²) >= 11 is -0.750. The third-order valence-corrected chi connectivity index (χ3v) is 8.07. The van der Waals surface area contributed by atoms with Crippen LogP contribution in [0.2, 0.25) is 0 Å². The number of likely N-dealkylation sites (tertiary alicyclic amines) is 2. The molecule has 5 rings (SSSR count). The first-order chi connectivity index (χ1) is 22.0. The molecule has 0 atom stereocenters. The predicted molar refractivity (Wildman–Crippen MR) is 164 cm³/mol. The molecule has 9 nitrogen and oxygen atoms in total. The first kappa shape index (κ1) is 34.8. The summed E-state index contributed by atoms with van der Waals surface area (Å²) in [7, 11) is 0. The molecule has 0 spiro atoms. The van der Waals surface area contributed by atoms with Gasteiger partial charge in [0, 0.05) is 45.1 Å². The number of hydrogen-bond donors (Lipinski definition) is 0. The molecule has 2 aliphatic rings. The minimum atomic E-state index is -4.72. The summed E-state index contributed by atoms with van der Waals surface area (Å²) in [5, 5.41) is 0. The summed E-state index contributed by atoms with van der Waals surface area (Å²) in [6.07, 6.45) is 0.337. The number of hydrogen-bond acceptors (Lipinski definition) is 8. The van der Waals surface area contributed by atoms with Crippen LogP contribution in [0.25, 0.3) is 0 Å². The Kier molecular flexibility index (Phi) is 12.4. The van der Waals surface area contributed by atoms with Gasteiger partial charge in [0.1, 0.15) is 23.3 Å². The zero-order valence-corrected chi connectivity index (χ0v) is 26.2. The molecule has 2 fully saturated rings. The third kappa shape index (κ3) is 10.8. The number of Topliss-reactive ketones (excluding diaryl/α,β-unsaturated/α-hetero) is 1. The molecular weight excluding hydrogens is 623 g/mol. The quantitative estimate of drug-likeness (QED) is 0.266. The third-order valence-electron chi connectivity index (χ3n) is 8.07. The van der Waals surface area contributed by atoms with Crippen LogP contribution in [0.5, 0.6) is 11.5 Å². The minimum Gasteiger partial charge on any atom is -0.490 e. The van der Waals surface area contributed by atoms with Crippen LogP contribution in [-0.4, -0.2) is 73.5 Å². The fraction of sp³-hybridized carbons (Fsp3) is 0.424. The van der Waals surface area contributed by atoms with Crippen LogP contribution >= 0.6 is 0 Å². The van der Waals surface area contributed by atoms with Crippen LogP contribution in [-0.2, 0) is 18.1 Å². The lowest BCUT2D eigenvalue weighted by molar-refractivity contribution is -0.274. The van der Waals surface area contributed by atoms with E-state index in [9.17, 15) is 22.8 Å². The average molecular weight is 660 g/mol. The lowest BCUT2D eigenvalue weighted by Gasteiger charge is -2.32. The van der Waals surface area contributed by atoms with Crippen LogP contribution in [0.3, 0.4) is 0 Å². The van der Waals surface area contributed by atoms with Crippen LogP contribution in [0, 0.1) is 12.8 Å². The highest BCUT2D eigenvalue weighted by molar-refractivity contribution is 7.51. The van der Waals surface area contributed by atoms with Crippen LogP contribution < -0.4 is 9.47 Å². The molecule has 0 unspecified atom stereocenters. The number of pyridine rings is 1. The predicted octanol–water partition coefficient (Wildman–Crippen LogP) is 5.79. The van der Waals surface area contributed by atoms with Crippen molar-refractivity contribution in [1.29, 1.82) is 0 Å². The molecule has 3 heterocycles. The topological polar surface area (TPSA) is 106 Å². The lowest BCUT2D eigenvalue weighted by Crippen LogP contribution is -2.41. The van der Waals surface area contributed by atoms with Crippen molar-refractivity contribution >= 4 is 23.3 Å². The first-order valence-corrected chi connectivity index (χ1v) is 15.7. The first-order valence-electron chi connectivity index (χ1n) is 15.0. The standard InChI is InChI=1S/C33H36F3N3O4.O2S/c1-23-5-8-27(9-6-23)42-28-13-17-39(18-14-28)32(41)26-7-10-30(37-21-26)31(40)20-24-11-15-38(16-12-24)22-25-3-2-4-29(19-25)43-33(34,35)36;1-3-2/h2-10,19,21,24,28H,11-18,20,22H2,1H3;. The summed E-state index contributed by atoms with van der Waals surface area (Å²) in [6.45, 7) is 5.24. The molecule has 1 amide bonds. The Labute approximate surface area is 269 Å². The highest BCUT2D eigenvalue weighted by Gasteiger charge is 2.31. The van der Waals surface area contributed by atoms with Gasteiger partial charge in [-0.25, -0.2) is 0 Å². The zero-order chi connectivity index (χ0) is 33.1. The summed E-state index contributed by atoms with van der Waals surface area (Å²) in [5.74, 6) is 0.676. The highest BCUT2D eigenvalue weighted by atomic mass is 32.1. The molecule has 0 bridgehead atoms. The van der Waals surface area contributed by atoms with Crippen molar-refractivity contribution in [2.45, 2.75) is 58.0 Å². The molecule has 246 valence electrons. The van der Waals surface area contributed by atoms with E-state index in [2.05, 4.69) is 14.6 Å². The highest BCUT2D eigenvalue weighted by Crippen LogP contribution is 2.27. The zero-order valence-electron chi connectivity index (χ0n) is 25.4. The monoisotopic (exact) mass is 659 g/mol. The number of halogens is 3. The lowest BCUT2D eigenvalue weighted by atomic mass is 9.90. The Morgan fingerprint density at radius 1 is 0.913 bits per heavy atom. The maximum atomic E-state index is 13.0. The number of carbonyl (C=O) groups is 2. The number of ketones is 1. The van der Waals surface area contributed by atoms with E-state index >= 15 is 0 Å². The Morgan fingerprint density at radius 2 is 1.59 bits per heavy atom. The van der Waals surface area contributed by atoms with Gasteiger partial charge in [0.05, 0.1) is 5.56 Å². The minimum absolute atomic E-state index is 0.0523. The van der Waals surface area contributed by atoms with Gasteiger partial charge in [-0.05, 0) is 80.7 Å². The van der Waals surface area contributed by atoms with Crippen molar-refractivity contribution in [2.24, 2.45) is 5.92 Å². The van der Waals surface area contributed by atoms with Gasteiger partial charge in [0.15, 0.2) is 5.78 Å². The van der Waals surface area contributed by atoms with E-state index in [4.69, 9.17) is 13.2 Å². The van der Waals surface area contributed by atoms with Crippen LogP contribution in [0.4, 0.5) is 13.2 Å². The number of amides is 1. The second-order valence-corrected chi connectivity index (χ2v) is 11.6. The molecule has 46 heavy (non-hydrogen) atoms. The smallest absolute Gasteiger partial charge is 0.490 e. The van der Waals surface area contributed by atoms with E-state index in [1.807, 2.05) is 31.2 Å². The molecule has 3 aromatic rings. The van der Waals surface area contributed by atoms with E-state index in [-0.39, 0.29) is 29.5 Å². The fourth-order valence-corrected chi connectivity index (χ4v) is 5.67. The second kappa shape index (κ2) is 16.5. The molecular formula is C33H36F3N3O6S. The molecule has 13 heteroatoms. The van der Waals surface area contributed by atoms with Gasteiger partial charge in [-0.2, -0.15) is 8.42 Å². The van der Waals surface area contributed by atoms with Gasteiger partial charge in [-0.15, -0.1) is 13.2 Å². The van der Waals surface area contributed by atoms with Crippen molar-refractivity contribution in [3.63, 3.8) is 0 Å². The normalized spacial score (nSPS) is 16.2. The van der Waals surface area contributed by atoms with Gasteiger partial charge in [0.25, 0.3) is 5.91 Å². The van der Waals surface area contributed by atoms with Crippen molar-refractivity contribution in [3.05, 3.63) is 89.2 Å². The van der Waals surface area contributed by atoms with Crippen LogP contribution in [0.15, 0.2) is 66.9 Å².